The molecular weight excluding hydrogens is 416 g/mol. The van der Waals surface area contributed by atoms with Crippen LogP contribution in [0.5, 0.6) is 0 Å². The topological polar surface area (TPSA) is 98.3 Å². The van der Waals surface area contributed by atoms with Crippen LogP contribution in [0.1, 0.15) is 21.9 Å². The molecule has 0 aliphatic rings. The largest absolute Gasteiger partial charge is 0.471 e. The van der Waals surface area contributed by atoms with E-state index in [1.165, 1.54) is 36.6 Å². The number of benzene rings is 1. The summed E-state index contributed by atoms with van der Waals surface area (Å²) < 4.78 is 71.5. The van der Waals surface area contributed by atoms with Crippen LogP contribution in [0.4, 0.5) is 17.6 Å². The third-order valence-electron chi connectivity index (χ3n) is 3.57. The number of aromatic nitrogens is 3. The van der Waals surface area contributed by atoms with Crippen molar-refractivity contribution >= 4 is 15.6 Å². The second-order valence-electron chi connectivity index (χ2n) is 5.94. The molecule has 0 aliphatic heterocycles. The molecule has 0 saturated heterocycles. The van der Waals surface area contributed by atoms with Crippen molar-refractivity contribution in [2.24, 2.45) is 4.36 Å². The van der Waals surface area contributed by atoms with Gasteiger partial charge in [-0.2, -0.15) is 22.5 Å². The maximum absolute atomic E-state index is 13.7. The minimum atomic E-state index is -4.78. The van der Waals surface area contributed by atoms with Gasteiger partial charge in [0.05, 0.1) is 15.5 Å². The molecule has 1 amide bonds. The van der Waals surface area contributed by atoms with Crippen LogP contribution in [-0.4, -0.2) is 31.5 Å². The fraction of sp³-hybridized carbons (Fsp3) is 0.176. The molecule has 1 aromatic carbocycles. The van der Waals surface area contributed by atoms with Crippen LogP contribution in [-0.2, 0) is 21.7 Å². The maximum Gasteiger partial charge on any atom is 0.471 e. The molecule has 3 aromatic rings. The molecule has 0 aliphatic carbocycles. The fourth-order valence-electron chi connectivity index (χ4n) is 2.27. The lowest BCUT2D eigenvalue weighted by molar-refractivity contribution is -0.159. The minimum Gasteiger partial charge on any atom is -0.329 e. The highest BCUT2D eigenvalue weighted by Gasteiger charge is 2.38. The number of amides is 1. The summed E-state index contributed by atoms with van der Waals surface area (Å²) in [5.41, 5.74) is 0.0261. The Labute approximate surface area is 162 Å². The van der Waals surface area contributed by atoms with Gasteiger partial charge in [-0.15, -0.1) is 0 Å². The Balaban J connectivity index is 1.79. The van der Waals surface area contributed by atoms with Gasteiger partial charge < -0.3 is 4.52 Å². The normalized spacial score (nSPS) is 13.7. The molecule has 0 saturated carbocycles. The minimum absolute atomic E-state index is 0.0735. The second kappa shape index (κ2) is 7.70. The summed E-state index contributed by atoms with van der Waals surface area (Å²) in [7, 11) is -3.10. The Morgan fingerprint density at radius 1 is 1.21 bits per heavy atom. The van der Waals surface area contributed by atoms with E-state index in [2.05, 4.69) is 24.0 Å². The number of hydrogen-bond donors (Lipinski definition) is 0. The zero-order chi connectivity index (χ0) is 21.2. The number of carbonyl (C=O) groups excluding carboxylic acids is 1. The molecular formula is C17H12F4N4O3S. The Kier molecular flexibility index (Phi) is 5.46. The van der Waals surface area contributed by atoms with Crippen molar-refractivity contribution in [3.05, 3.63) is 65.6 Å². The number of alkyl halides is 3. The van der Waals surface area contributed by atoms with Crippen LogP contribution in [0.15, 0.2) is 51.5 Å². The lowest BCUT2D eigenvalue weighted by Crippen LogP contribution is -2.08. The molecule has 2 heterocycles. The number of pyridine rings is 1. The van der Waals surface area contributed by atoms with Crippen LogP contribution >= 0.6 is 0 Å². The standard InChI is InChI=1S/C17H12F4N4O3S/c1-29(27,9-11-4-2-3-5-12(11)18)25-15(26)13-7-6-10(8-22-13)14-23-16(28-24-14)17(19,20)21/h2-8H,9H2,1H3. The summed E-state index contributed by atoms with van der Waals surface area (Å²) in [4.78, 5) is 19.2. The molecule has 0 spiro atoms. The van der Waals surface area contributed by atoms with Crippen molar-refractivity contribution in [1.29, 1.82) is 0 Å². The van der Waals surface area contributed by atoms with Gasteiger partial charge in [-0.1, -0.05) is 23.4 Å². The summed E-state index contributed by atoms with van der Waals surface area (Å²) in [6.07, 6.45) is -2.52. The van der Waals surface area contributed by atoms with E-state index in [0.29, 0.717) is 0 Å². The zero-order valence-corrected chi connectivity index (χ0v) is 15.5. The Morgan fingerprint density at radius 3 is 2.52 bits per heavy atom. The monoisotopic (exact) mass is 428 g/mol. The lowest BCUT2D eigenvalue weighted by atomic mass is 10.2. The molecule has 3 rings (SSSR count). The van der Waals surface area contributed by atoms with Gasteiger partial charge in [0.2, 0.25) is 5.82 Å². The van der Waals surface area contributed by atoms with E-state index in [0.717, 1.165) is 6.20 Å². The molecule has 12 heteroatoms. The number of rotatable bonds is 4. The summed E-state index contributed by atoms with van der Waals surface area (Å²) in [6, 6.07) is 8.10. The molecule has 2 aromatic heterocycles. The molecule has 0 radical (unpaired) electrons. The first kappa shape index (κ1) is 20.6. The lowest BCUT2D eigenvalue weighted by Gasteiger charge is -2.05. The highest BCUT2D eigenvalue weighted by Crippen LogP contribution is 2.29. The highest BCUT2D eigenvalue weighted by molar-refractivity contribution is 7.92. The van der Waals surface area contributed by atoms with E-state index in [1.807, 2.05) is 0 Å². The van der Waals surface area contributed by atoms with Crippen LogP contribution in [0.3, 0.4) is 0 Å². The smallest absolute Gasteiger partial charge is 0.329 e. The first-order valence-electron chi connectivity index (χ1n) is 7.90. The Bertz CT molecular complexity index is 1170. The summed E-state index contributed by atoms with van der Waals surface area (Å²) in [5.74, 6) is -3.62. The van der Waals surface area contributed by atoms with E-state index < -0.39 is 33.5 Å². The van der Waals surface area contributed by atoms with E-state index in [9.17, 15) is 26.6 Å². The van der Waals surface area contributed by atoms with E-state index in [1.54, 1.807) is 6.07 Å². The number of nitrogens with zero attached hydrogens (tertiary/aromatic N) is 4. The van der Waals surface area contributed by atoms with Gasteiger partial charge in [0.15, 0.2) is 0 Å². The number of hydrogen-bond acceptors (Lipinski definition) is 6. The molecule has 1 unspecified atom stereocenters. The quantitative estimate of drug-likeness (QED) is 0.588. The van der Waals surface area contributed by atoms with Crippen molar-refractivity contribution in [3.63, 3.8) is 0 Å². The van der Waals surface area contributed by atoms with Gasteiger partial charge >= 0.3 is 18.0 Å². The van der Waals surface area contributed by atoms with E-state index in [4.69, 9.17) is 0 Å². The van der Waals surface area contributed by atoms with Gasteiger partial charge in [0, 0.05) is 23.6 Å². The number of carbonyl (C=O) groups is 1. The fourth-order valence-corrected chi connectivity index (χ4v) is 3.59. The van der Waals surface area contributed by atoms with Gasteiger partial charge in [-0.3, -0.25) is 9.78 Å². The molecule has 0 bridgehead atoms. The third kappa shape index (κ3) is 5.02. The molecule has 0 fully saturated rings. The van der Waals surface area contributed by atoms with E-state index >= 15 is 0 Å². The summed E-state index contributed by atoms with van der Waals surface area (Å²) >= 11 is 0. The van der Waals surface area contributed by atoms with Crippen molar-refractivity contribution in [2.45, 2.75) is 11.9 Å². The Morgan fingerprint density at radius 2 is 1.93 bits per heavy atom. The third-order valence-corrected chi connectivity index (χ3v) is 4.97. The summed E-state index contributed by atoms with van der Waals surface area (Å²) in [5, 5.41) is 3.21. The molecule has 0 N–H and O–H groups in total. The molecule has 7 nitrogen and oxygen atoms in total. The predicted molar refractivity (Wildman–Crippen MR) is 93.5 cm³/mol. The van der Waals surface area contributed by atoms with Gasteiger partial charge in [0.1, 0.15) is 11.5 Å². The highest BCUT2D eigenvalue weighted by atomic mass is 32.2. The van der Waals surface area contributed by atoms with Gasteiger partial charge in [0.25, 0.3) is 0 Å². The van der Waals surface area contributed by atoms with Crippen molar-refractivity contribution in [1.82, 2.24) is 15.1 Å². The van der Waals surface area contributed by atoms with Crippen molar-refractivity contribution in [3.8, 4) is 11.4 Å². The van der Waals surface area contributed by atoms with E-state index in [-0.39, 0.29) is 28.4 Å². The summed E-state index contributed by atoms with van der Waals surface area (Å²) in [6.45, 7) is 0. The van der Waals surface area contributed by atoms with Crippen LogP contribution in [0, 0.1) is 5.82 Å². The molecule has 29 heavy (non-hydrogen) atoms. The SMILES string of the molecule is CS(=O)(Cc1ccccc1F)=NC(=O)c1ccc(-c2noc(C(F)(F)F)n2)cn1. The van der Waals surface area contributed by atoms with Gasteiger partial charge in [-0.25, -0.2) is 8.60 Å². The Hall–Kier alpha value is -3.15. The second-order valence-corrected chi connectivity index (χ2v) is 8.33. The van der Waals surface area contributed by atoms with Crippen LogP contribution in [0.25, 0.3) is 11.4 Å². The van der Waals surface area contributed by atoms with Crippen LogP contribution in [0.2, 0.25) is 0 Å². The predicted octanol–water partition coefficient (Wildman–Crippen LogP) is 3.73. The first-order valence-corrected chi connectivity index (χ1v) is 9.99. The molecule has 1 atom stereocenters. The average molecular weight is 428 g/mol. The maximum atomic E-state index is 13.7. The van der Waals surface area contributed by atoms with Crippen molar-refractivity contribution < 1.29 is 31.1 Å². The van der Waals surface area contributed by atoms with Crippen LogP contribution < -0.4 is 0 Å². The van der Waals surface area contributed by atoms with Gasteiger partial charge in [-0.05, 0) is 18.2 Å². The van der Waals surface area contributed by atoms with Crippen molar-refractivity contribution in [2.75, 3.05) is 6.26 Å². The first-order chi connectivity index (χ1) is 13.5. The number of halogens is 4. The molecule has 152 valence electrons. The zero-order valence-electron chi connectivity index (χ0n) is 14.7. The average Bonchev–Trinajstić information content (AvgIpc) is 3.14.